The molecule has 0 bridgehead atoms. The summed E-state index contributed by atoms with van der Waals surface area (Å²) in [6.45, 7) is 7.00. The monoisotopic (exact) mass is 255 g/mol. The van der Waals surface area contributed by atoms with Crippen molar-refractivity contribution < 1.29 is 4.79 Å². The molecule has 1 unspecified atom stereocenters. The first-order chi connectivity index (χ1) is 7.69. The molecule has 1 aromatic rings. The summed E-state index contributed by atoms with van der Waals surface area (Å²) in [5, 5.41) is 3.25. The molecule has 17 heavy (non-hydrogen) atoms. The zero-order valence-corrected chi connectivity index (χ0v) is 11.6. The van der Waals surface area contributed by atoms with E-state index < -0.39 is 0 Å². The lowest BCUT2D eigenvalue weighted by atomic mass is 9.99. The topological polar surface area (TPSA) is 29.1 Å². The van der Waals surface area contributed by atoms with Gasteiger partial charge in [-0.1, -0.05) is 50.1 Å². The molecule has 1 atom stereocenters. The molecule has 0 aliphatic heterocycles. The average Bonchev–Trinajstić information content (AvgIpc) is 2.29. The number of hydrogen-bond donors (Lipinski definition) is 1. The van der Waals surface area contributed by atoms with Crippen molar-refractivity contribution in [3.05, 3.63) is 35.4 Å². The highest BCUT2D eigenvalue weighted by Gasteiger charge is 2.17. The normalized spacial score (nSPS) is 11.7. The summed E-state index contributed by atoms with van der Waals surface area (Å²) in [6, 6.07) is 7.78. The highest BCUT2D eigenvalue weighted by Crippen LogP contribution is 2.09. The number of benzene rings is 1. The van der Waals surface area contributed by atoms with Gasteiger partial charge in [0.2, 0.25) is 0 Å². The van der Waals surface area contributed by atoms with Crippen molar-refractivity contribution in [2.45, 2.75) is 39.7 Å². The van der Waals surface area contributed by atoms with Gasteiger partial charge in [-0.05, 0) is 19.9 Å². The van der Waals surface area contributed by atoms with Gasteiger partial charge in [-0.2, -0.15) is 0 Å². The summed E-state index contributed by atoms with van der Waals surface area (Å²) < 4.78 is 0. The number of carbonyl (C=O) groups excluding carboxylic acids is 1. The van der Waals surface area contributed by atoms with Crippen LogP contribution in [0.5, 0.6) is 0 Å². The summed E-state index contributed by atoms with van der Waals surface area (Å²) in [4.78, 5) is 12.2. The molecule has 3 heteroatoms. The van der Waals surface area contributed by atoms with Crippen molar-refractivity contribution >= 4 is 18.2 Å². The van der Waals surface area contributed by atoms with Crippen molar-refractivity contribution in [3.8, 4) is 0 Å². The maximum absolute atomic E-state index is 12.2. The van der Waals surface area contributed by atoms with Gasteiger partial charge in [0.25, 0.3) is 0 Å². The molecule has 96 valence electrons. The highest BCUT2D eigenvalue weighted by atomic mass is 35.5. The van der Waals surface area contributed by atoms with E-state index in [1.54, 1.807) is 0 Å². The summed E-state index contributed by atoms with van der Waals surface area (Å²) >= 11 is 0. The maximum Gasteiger partial charge on any atom is 0.179 e. The van der Waals surface area contributed by atoms with Gasteiger partial charge in [0.05, 0.1) is 6.04 Å². The quantitative estimate of drug-likeness (QED) is 0.790. The molecule has 1 aromatic carbocycles. The Bertz CT molecular complexity index is 329. The molecule has 0 radical (unpaired) electrons. The maximum atomic E-state index is 12.2. The molecule has 1 N–H and O–H groups in total. The first-order valence-corrected chi connectivity index (χ1v) is 6.03. The molecule has 0 saturated heterocycles. The Morgan fingerprint density at radius 3 is 2.29 bits per heavy atom. The summed E-state index contributed by atoms with van der Waals surface area (Å²) in [6.07, 6.45) is 1.93. The van der Waals surface area contributed by atoms with Crippen LogP contribution in [0.1, 0.15) is 42.6 Å². The fourth-order valence-corrected chi connectivity index (χ4v) is 1.78. The fourth-order valence-electron chi connectivity index (χ4n) is 1.78. The van der Waals surface area contributed by atoms with Crippen molar-refractivity contribution in [1.29, 1.82) is 0 Å². The Labute approximate surface area is 110 Å². The van der Waals surface area contributed by atoms with E-state index in [1.165, 1.54) is 5.56 Å². The number of ketones is 1. The Morgan fingerprint density at radius 1 is 1.24 bits per heavy atom. The van der Waals surface area contributed by atoms with Gasteiger partial charge in [0.1, 0.15) is 0 Å². The second-order valence-corrected chi connectivity index (χ2v) is 4.13. The average molecular weight is 256 g/mol. The second-order valence-electron chi connectivity index (χ2n) is 4.13. The molecule has 0 aliphatic rings. The number of hydrogen-bond acceptors (Lipinski definition) is 2. The molecule has 0 aliphatic carbocycles. The standard InChI is InChI=1S/C14H21NO.ClH/c1-4-6-13(15-5-2)14(16)12-9-7-11(3)8-10-12;/h7-10,13,15H,4-6H2,1-3H3;1H. The third kappa shape index (κ3) is 4.88. The molecule has 0 amide bonds. The zero-order chi connectivity index (χ0) is 12.0. The van der Waals surface area contributed by atoms with E-state index in [0.29, 0.717) is 0 Å². The van der Waals surface area contributed by atoms with Crippen LogP contribution in [0.4, 0.5) is 0 Å². The van der Waals surface area contributed by atoms with Crippen molar-refractivity contribution in [2.75, 3.05) is 6.54 Å². The molecule has 0 heterocycles. The van der Waals surface area contributed by atoms with Gasteiger partial charge in [-0.3, -0.25) is 4.79 Å². The summed E-state index contributed by atoms with van der Waals surface area (Å²) in [5.41, 5.74) is 2.00. The van der Waals surface area contributed by atoms with E-state index in [1.807, 2.05) is 38.1 Å². The molecule has 0 fully saturated rings. The van der Waals surface area contributed by atoms with Crippen LogP contribution < -0.4 is 5.32 Å². The molecule has 1 rings (SSSR count). The lowest BCUT2D eigenvalue weighted by molar-refractivity contribution is 0.0938. The van der Waals surface area contributed by atoms with Gasteiger partial charge >= 0.3 is 0 Å². The van der Waals surface area contributed by atoms with Crippen LogP contribution in [0, 0.1) is 6.92 Å². The molecule has 0 spiro atoms. The van der Waals surface area contributed by atoms with E-state index in [-0.39, 0.29) is 24.2 Å². The first kappa shape index (κ1) is 16.1. The summed E-state index contributed by atoms with van der Waals surface area (Å²) in [7, 11) is 0. The van der Waals surface area contributed by atoms with E-state index >= 15 is 0 Å². The van der Waals surface area contributed by atoms with Crippen molar-refractivity contribution in [2.24, 2.45) is 0 Å². The summed E-state index contributed by atoms with van der Waals surface area (Å²) in [5.74, 6) is 0.212. The minimum Gasteiger partial charge on any atom is -0.307 e. The van der Waals surface area contributed by atoms with Crippen LogP contribution in [0.3, 0.4) is 0 Å². The lowest BCUT2D eigenvalue weighted by Gasteiger charge is -2.15. The van der Waals surface area contributed by atoms with Gasteiger partial charge in [0.15, 0.2) is 5.78 Å². The Kier molecular flexibility index (Phi) is 7.85. The molecule has 2 nitrogen and oxygen atoms in total. The van der Waals surface area contributed by atoms with Crippen LogP contribution in [0.25, 0.3) is 0 Å². The van der Waals surface area contributed by atoms with E-state index in [0.717, 1.165) is 24.9 Å². The third-order valence-corrected chi connectivity index (χ3v) is 2.68. The van der Waals surface area contributed by atoms with E-state index in [2.05, 4.69) is 12.2 Å². The minimum atomic E-state index is -0.0299. The number of likely N-dealkylation sites (N-methyl/N-ethyl adjacent to an activating group) is 1. The zero-order valence-electron chi connectivity index (χ0n) is 10.8. The molecular weight excluding hydrogens is 234 g/mol. The van der Waals surface area contributed by atoms with Gasteiger partial charge in [0, 0.05) is 5.56 Å². The van der Waals surface area contributed by atoms with Crippen LogP contribution in [0.2, 0.25) is 0 Å². The van der Waals surface area contributed by atoms with Gasteiger partial charge < -0.3 is 5.32 Å². The van der Waals surface area contributed by atoms with E-state index in [4.69, 9.17) is 0 Å². The van der Waals surface area contributed by atoms with Crippen LogP contribution in [-0.4, -0.2) is 18.4 Å². The largest absolute Gasteiger partial charge is 0.307 e. The smallest absolute Gasteiger partial charge is 0.179 e. The molecular formula is C14H22ClNO. The minimum absolute atomic E-state index is 0. The SMILES string of the molecule is CCCC(NCC)C(=O)c1ccc(C)cc1.Cl. The van der Waals surface area contributed by atoms with Crippen LogP contribution in [0.15, 0.2) is 24.3 Å². The van der Waals surface area contributed by atoms with Crippen molar-refractivity contribution in [3.63, 3.8) is 0 Å². The Hall–Kier alpha value is -0.860. The Balaban J connectivity index is 0.00000256. The molecule has 0 saturated carbocycles. The van der Waals surface area contributed by atoms with Gasteiger partial charge in [-0.25, -0.2) is 0 Å². The lowest BCUT2D eigenvalue weighted by Crippen LogP contribution is -2.36. The molecule has 0 aromatic heterocycles. The fraction of sp³-hybridized carbons (Fsp3) is 0.500. The van der Waals surface area contributed by atoms with Crippen LogP contribution in [-0.2, 0) is 0 Å². The van der Waals surface area contributed by atoms with E-state index in [9.17, 15) is 4.79 Å². The number of nitrogens with one attached hydrogen (secondary N) is 1. The highest BCUT2D eigenvalue weighted by molar-refractivity contribution is 6.00. The van der Waals surface area contributed by atoms with Crippen LogP contribution >= 0.6 is 12.4 Å². The number of aryl methyl sites for hydroxylation is 1. The van der Waals surface area contributed by atoms with Crippen molar-refractivity contribution in [1.82, 2.24) is 5.32 Å². The number of rotatable bonds is 6. The second kappa shape index (κ2) is 8.26. The third-order valence-electron chi connectivity index (χ3n) is 2.68. The predicted molar refractivity (Wildman–Crippen MR) is 75.1 cm³/mol. The number of halogens is 1. The van der Waals surface area contributed by atoms with Gasteiger partial charge in [-0.15, -0.1) is 12.4 Å². The number of carbonyl (C=O) groups is 1. The Morgan fingerprint density at radius 2 is 1.82 bits per heavy atom. The predicted octanol–water partition coefficient (Wildman–Crippen LogP) is 3.38. The first-order valence-electron chi connectivity index (χ1n) is 6.03. The number of Topliss-reactive ketones (excluding diaryl/α,β-unsaturated/α-hetero) is 1.